The van der Waals surface area contributed by atoms with Crippen molar-refractivity contribution in [1.82, 2.24) is 0 Å². The number of hydrogen-bond donors (Lipinski definition) is 1. The highest BCUT2D eigenvalue weighted by Gasteiger charge is 2.02. The van der Waals surface area contributed by atoms with Crippen LogP contribution < -0.4 is 0 Å². The molecule has 1 aromatic carbocycles. The average Bonchev–Trinajstić information content (AvgIpc) is 2.49. The van der Waals surface area contributed by atoms with Crippen molar-refractivity contribution in [2.45, 2.75) is 77.6 Å². The molecule has 0 spiro atoms. The summed E-state index contributed by atoms with van der Waals surface area (Å²) < 4.78 is 29.7. The molecule has 0 heterocycles. The van der Waals surface area contributed by atoms with Gasteiger partial charge >= 0.3 is 0 Å². The second-order valence-electron chi connectivity index (χ2n) is 6.50. The molecule has 0 aliphatic rings. The Morgan fingerprint density at radius 1 is 0.783 bits per heavy atom. The molecule has 0 radical (unpaired) electrons. The first-order valence-corrected chi connectivity index (χ1v) is 10.6. The van der Waals surface area contributed by atoms with Crippen LogP contribution in [0.3, 0.4) is 0 Å². The Kier molecular flexibility index (Phi) is 10.2. The van der Waals surface area contributed by atoms with Crippen LogP contribution in [0.15, 0.2) is 24.3 Å². The Labute approximate surface area is 142 Å². The Morgan fingerprint density at radius 3 is 1.78 bits per heavy atom. The van der Waals surface area contributed by atoms with Crippen LogP contribution in [-0.2, 0) is 16.5 Å². The van der Waals surface area contributed by atoms with E-state index in [0.717, 1.165) is 12.8 Å². The molecule has 1 N–H and O–H groups in total. The van der Waals surface area contributed by atoms with Gasteiger partial charge < -0.3 is 0 Å². The van der Waals surface area contributed by atoms with Gasteiger partial charge in [-0.25, -0.2) is 0 Å². The highest BCUT2D eigenvalue weighted by molar-refractivity contribution is 7.85. The lowest BCUT2D eigenvalue weighted by Gasteiger charge is -2.05. The maximum atomic E-state index is 10.6. The van der Waals surface area contributed by atoms with Crippen molar-refractivity contribution < 1.29 is 13.0 Å². The summed E-state index contributed by atoms with van der Waals surface area (Å²) in [5, 5.41) is 0. The van der Waals surface area contributed by atoms with E-state index in [4.69, 9.17) is 4.55 Å². The molecule has 23 heavy (non-hydrogen) atoms. The molecule has 0 fully saturated rings. The molecule has 0 unspecified atom stereocenters. The molecule has 1 aromatic rings. The van der Waals surface area contributed by atoms with Crippen molar-refractivity contribution >= 4 is 10.1 Å². The molecular weight excluding hydrogens is 308 g/mol. The molecule has 1 rings (SSSR count). The predicted molar refractivity (Wildman–Crippen MR) is 97.5 cm³/mol. The fraction of sp³-hybridized carbons (Fsp3) is 0.684. The second kappa shape index (κ2) is 11.6. The van der Waals surface area contributed by atoms with Gasteiger partial charge in [0.1, 0.15) is 0 Å². The van der Waals surface area contributed by atoms with Crippen molar-refractivity contribution in [3.05, 3.63) is 35.4 Å². The summed E-state index contributed by atoms with van der Waals surface area (Å²) in [6, 6.07) is 8.64. The van der Waals surface area contributed by atoms with Crippen molar-refractivity contribution in [3.63, 3.8) is 0 Å². The third-order valence-corrected chi connectivity index (χ3v) is 5.16. The minimum absolute atomic E-state index is 0.0894. The summed E-state index contributed by atoms with van der Waals surface area (Å²) >= 11 is 0. The van der Waals surface area contributed by atoms with Crippen LogP contribution in [0.5, 0.6) is 0 Å². The molecule has 0 aliphatic carbocycles. The van der Waals surface area contributed by atoms with E-state index in [0.29, 0.717) is 6.42 Å². The number of aryl methyl sites for hydroxylation is 2. The van der Waals surface area contributed by atoms with Crippen LogP contribution in [-0.4, -0.2) is 18.7 Å². The summed E-state index contributed by atoms with van der Waals surface area (Å²) in [7, 11) is -3.76. The summed E-state index contributed by atoms with van der Waals surface area (Å²) in [5.74, 6) is -0.0894. The molecule has 0 atom stereocenters. The summed E-state index contributed by atoms with van der Waals surface area (Å²) in [6.45, 7) is 2.19. The minimum atomic E-state index is -3.76. The van der Waals surface area contributed by atoms with E-state index in [-0.39, 0.29) is 5.75 Å². The first-order valence-electron chi connectivity index (χ1n) is 8.99. The van der Waals surface area contributed by atoms with E-state index in [2.05, 4.69) is 31.2 Å². The zero-order valence-corrected chi connectivity index (χ0v) is 15.3. The largest absolute Gasteiger partial charge is 0.286 e. The lowest BCUT2D eigenvalue weighted by atomic mass is 10.0. The number of rotatable bonds is 13. The fourth-order valence-electron chi connectivity index (χ4n) is 2.90. The lowest BCUT2D eigenvalue weighted by Crippen LogP contribution is -2.03. The average molecular weight is 341 g/mol. The first kappa shape index (κ1) is 20.2. The maximum Gasteiger partial charge on any atom is 0.264 e. The summed E-state index contributed by atoms with van der Waals surface area (Å²) in [6.07, 6.45) is 12.6. The number of unbranched alkanes of at least 4 members (excludes halogenated alkanes) is 9. The third kappa shape index (κ3) is 11.3. The van der Waals surface area contributed by atoms with Crippen LogP contribution in [0.1, 0.15) is 75.3 Å². The number of benzene rings is 1. The molecule has 0 amide bonds. The zero-order valence-electron chi connectivity index (χ0n) is 14.5. The van der Waals surface area contributed by atoms with Gasteiger partial charge in [0, 0.05) is 0 Å². The Bertz CT molecular complexity index is 523. The van der Waals surface area contributed by atoms with Crippen LogP contribution in [0.25, 0.3) is 0 Å². The van der Waals surface area contributed by atoms with E-state index in [1.54, 1.807) is 0 Å². The molecule has 0 aliphatic heterocycles. The van der Waals surface area contributed by atoms with Crippen molar-refractivity contribution in [3.8, 4) is 0 Å². The highest BCUT2D eigenvalue weighted by Crippen LogP contribution is 2.14. The zero-order chi connectivity index (χ0) is 17.0. The Morgan fingerprint density at radius 2 is 1.26 bits per heavy atom. The van der Waals surface area contributed by atoms with Crippen LogP contribution in [0.2, 0.25) is 0 Å². The quantitative estimate of drug-likeness (QED) is 0.390. The molecule has 4 heteroatoms. The van der Waals surface area contributed by atoms with E-state index < -0.39 is 10.1 Å². The lowest BCUT2D eigenvalue weighted by molar-refractivity contribution is 0.478. The van der Waals surface area contributed by atoms with Gasteiger partial charge in [-0.3, -0.25) is 4.55 Å². The van der Waals surface area contributed by atoms with E-state index in [9.17, 15) is 8.42 Å². The van der Waals surface area contributed by atoms with Crippen molar-refractivity contribution in [2.24, 2.45) is 0 Å². The minimum Gasteiger partial charge on any atom is -0.286 e. The molecule has 132 valence electrons. The van der Waals surface area contributed by atoms with Gasteiger partial charge in [0.05, 0.1) is 5.75 Å². The summed E-state index contributed by atoms with van der Waals surface area (Å²) in [5.41, 5.74) is 2.89. The van der Waals surface area contributed by atoms with Gasteiger partial charge in [-0.1, -0.05) is 75.6 Å². The van der Waals surface area contributed by atoms with Crippen molar-refractivity contribution in [2.75, 3.05) is 5.75 Å². The third-order valence-electron chi connectivity index (χ3n) is 4.36. The van der Waals surface area contributed by atoms with Gasteiger partial charge in [0.2, 0.25) is 0 Å². The first-order chi connectivity index (χ1) is 11.0. The highest BCUT2D eigenvalue weighted by atomic mass is 32.2. The monoisotopic (exact) mass is 340 g/mol. The van der Waals surface area contributed by atoms with E-state index >= 15 is 0 Å². The molecule has 0 bridgehead atoms. The standard InChI is InChI=1S/C19H32O3S/c1-18-14-11-12-16-19(18)15-10-8-6-4-2-3-5-7-9-13-17-23(20,21)22/h11-12,14,16H,2-10,13,15,17H2,1H3,(H,20,21,22). The molecule has 3 nitrogen and oxygen atoms in total. The molecule has 0 saturated carbocycles. The van der Waals surface area contributed by atoms with Gasteiger partial charge in [-0.15, -0.1) is 0 Å². The van der Waals surface area contributed by atoms with Crippen LogP contribution in [0.4, 0.5) is 0 Å². The SMILES string of the molecule is Cc1ccccc1CCCCCCCCCCCCS(=O)(=O)O. The topological polar surface area (TPSA) is 54.4 Å². The Hall–Kier alpha value is -0.870. The second-order valence-corrected chi connectivity index (χ2v) is 8.07. The molecular formula is C19H32O3S. The van der Waals surface area contributed by atoms with Gasteiger partial charge in [-0.2, -0.15) is 8.42 Å². The van der Waals surface area contributed by atoms with E-state index in [1.165, 1.54) is 62.5 Å². The van der Waals surface area contributed by atoms with Gasteiger partial charge in [0.25, 0.3) is 10.1 Å². The van der Waals surface area contributed by atoms with Gasteiger partial charge in [-0.05, 0) is 37.3 Å². The Balaban J connectivity index is 1.86. The maximum absolute atomic E-state index is 10.6. The molecule has 0 aromatic heterocycles. The van der Waals surface area contributed by atoms with Crippen LogP contribution in [0, 0.1) is 6.92 Å². The summed E-state index contributed by atoms with van der Waals surface area (Å²) in [4.78, 5) is 0. The van der Waals surface area contributed by atoms with Crippen molar-refractivity contribution in [1.29, 1.82) is 0 Å². The number of hydrogen-bond acceptors (Lipinski definition) is 2. The van der Waals surface area contributed by atoms with Gasteiger partial charge in [0.15, 0.2) is 0 Å². The smallest absolute Gasteiger partial charge is 0.264 e. The fourth-order valence-corrected chi connectivity index (χ4v) is 3.47. The normalized spacial score (nSPS) is 11.7. The molecule has 0 saturated heterocycles. The predicted octanol–water partition coefficient (Wildman–Crippen LogP) is 5.33. The van der Waals surface area contributed by atoms with Crippen LogP contribution >= 0.6 is 0 Å². The van der Waals surface area contributed by atoms with E-state index in [1.807, 2.05) is 0 Å².